The summed E-state index contributed by atoms with van der Waals surface area (Å²) in [4.78, 5) is 0. The smallest absolute Gasteiger partial charge is 0.0205 e. The van der Waals surface area contributed by atoms with Crippen LogP contribution < -0.4 is 16.4 Å². The zero-order valence-electron chi connectivity index (χ0n) is 5.69. The summed E-state index contributed by atoms with van der Waals surface area (Å²) in [5.41, 5.74) is 5.32. The minimum atomic E-state index is 0.675. The molecular weight excluding hydrogens is 114 g/mol. The van der Waals surface area contributed by atoms with Gasteiger partial charge in [0.15, 0.2) is 0 Å². The lowest BCUT2D eigenvalue weighted by atomic mass is 10.3. The van der Waals surface area contributed by atoms with Gasteiger partial charge in [-0.25, -0.2) is 0 Å². The van der Waals surface area contributed by atoms with Gasteiger partial charge in [0.25, 0.3) is 0 Å². The Labute approximate surface area is 56.0 Å². The van der Waals surface area contributed by atoms with Crippen LogP contribution in [0.4, 0.5) is 0 Å². The molecule has 1 fully saturated rings. The molecule has 0 bridgehead atoms. The maximum Gasteiger partial charge on any atom is 0.0205 e. The largest absolute Gasteiger partial charge is 0.329 e. The highest BCUT2D eigenvalue weighted by Gasteiger charge is 2.11. The van der Waals surface area contributed by atoms with Gasteiger partial charge in [0.05, 0.1) is 0 Å². The first-order chi connectivity index (χ1) is 4.43. The van der Waals surface area contributed by atoms with Crippen molar-refractivity contribution >= 4 is 0 Å². The molecule has 4 N–H and O–H groups in total. The highest BCUT2D eigenvalue weighted by atomic mass is 15.0. The Kier molecular flexibility index (Phi) is 2.97. The molecule has 0 radical (unpaired) electrons. The average Bonchev–Trinajstić information content (AvgIpc) is 2.34. The highest BCUT2D eigenvalue weighted by Crippen LogP contribution is 1.94. The van der Waals surface area contributed by atoms with Crippen LogP contribution in [0.1, 0.15) is 6.42 Å². The third-order valence-corrected chi connectivity index (χ3v) is 1.64. The third-order valence-electron chi connectivity index (χ3n) is 1.64. The van der Waals surface area contributed by atoms with Crippen LogP contribution in [0.25, 0.3) is 0 Å². The van der Waals surface area contributed by atoms with Gasteiger partial charge in [-0.1, -0.05) is 0 Å². The van der Waals surface area contributed by atoms with Crippen molar-refractivity contribution in [2.75, 3.05) is 26.2 Å². The Hall–Kier alpha value is -0.120. The first kappa shape index (κ1) is 6.99. The van der Waals surface area contributed by atoms with Gasteiger partial charge in [-0.2, -0.15) is 0 Å². The lowest BCUT2D eigenvalue weighted by Gasteiger charge is -2.08. The minimum absolute atomic E-state index is 0.675. The van der Waals surface area contributed by atoms with Gasteiger partial charge >= 0.3 is 0 Å². The van der Waals surface area contributed by atoms with Crippen molar-refractivity contribution in [2.45, 2.75) is 12.5 Å². The number of nitrogens with one attached hydrogen (secondary N) is 2. The normalized spacial score (nSPS) is 27.0. The van der Waals surface area contributed by atoms with E-state index in [1.165, 1.54) is 6.42 Å². The Balaban J connectivity index is 1.98. The summed E-state index contributed by atoms with van der Waals surface area (Å²) in [7, 11) is 0. The molecule has 0 spiro atoms. The maximum absolute atomic E-state index is 5.32. The standard InChI is InChI=1S/C6H15N3/c7-2-4-9-6-1-3-8-5-6/h6,8-9H,1-5,7H2/t6-/m0/s1. The van der Waals surface area contributed by atoms with Gasteiger partial charge in [0.1, 0.15) is 0 Å². The second-order valence-electron chi connectivity index (χ2n) is 2.43. The fourth-order valence-corrected chi connectivity index (χ4v) is 1.12. The first-order valence-corrected chi connectivity index (χ1v) is 3.57. The fraction of sp³-hybridized carbons (Fsp3) is 1.00. The summed E-state index contributed by atoms with van der Waals surface area (Å²) in [5, 5.41) is 6.62. The molecule has 0 amide bonds. The number of nitrogens with two attached hydrogens (primary N) is 1. The predicted octanol–water partition coefficient (Wildman–Crippen LogP) is -1.10. The van der Waals surface area contributed by atoms with Crippen molar-refractivity contribution in [3.8, 4) is 0 Å². The quantitative estimate of drug-likeness (QED) is 0.453. The van der Waals surface area contributed by atoms with E-state index in [9.17, 15) is 0 Å². The molecular formula is C6H15N3. The zero-order chi connectivity index (χ0) is 6.53. The Morgan fingerprint density at radius 2 is 2.56 bits per heavy atom. The van der Waals surface area contributed by atoms with Gasteiger partial charge < -0.3 is 16.4 Å². The molecule has 0 aromatic rings. The second-order valence-corrected chi connectivity index (χ2v) is 2.43. The molecule has 1 rings (SSSR count). The van der Waals surface area contributed by atoms with Crippen molar-refractivity contribution in [3.05, 3.63) is 0 Å². The van der Waals surface area contributed by atoms with E-state index in [2.05, 4.69) is 10.6 Å². The molecule has 0 aromatic heterocycles. The van der Waals surface area contributed by atoms with Crippen LogP contribution in [0.15, 0.2) is 0 Å². The highest BCUT2D eigenvalue weighted by molar-refractivity contribution is 4.76. The lowest BCUT2D eigenvalue weighted by molar-refractivity contribution is 0.555. The SMILES string of the molecule is NCCN[C@H]1CCNC1. The van der Waals surface area contributed by atoms with Gasteiger partial charge in [-0.15, -0.1) is 0 Å². The lowest BCUT2D eigenvalue weighted by Crippen LogP contribution is -2.34. The summed E-state index contributed by atoms with van der Waals surface area (Å²) >= 11 is 0. The molecule has 1 aliphatic rings. The van der Waals surface area contributed by atoms with E-state index in [-0.39, 0.29) is 0 Å². The summed E-state index contributed by atoms with van der Waals surface area (Å²) in [6.45, 7) is 3.96. The van der Waals surface area contributed by atoms with E-state index in [1.807, 2.05) is 0 Å². The van der Waals surface area contributed by atoms with E-state index >= 15 is 0 Å². The number of rotatable bonds is 3. The van der Waals surface area contributed by atoms with E-state index in [0.717, 1.165) is 26.2 Å². The van der Waals surface area contributed by atoms with Crippen LogP contribution in [0.5, 0.6) is 0 Å². The molecule has 54 valence electrons. The predicted molar refractivity (Wildman–Crippen MR) is 38.3 cm³/mol. The molecule has 0 saturated carbocycles. The molecule has 0 unspecified atom stereocenters. The molecule has 0 aliphatic carbocycles. The molecule has 0 aromatic carbocycles. The van der Waals surface area contributed by atoms with Gasteiger partial charge in [-0.3, -0.25) is 0 Å². The molecule has 9 heavy (non-hydrogen) atoms. The van der Waals surface area contributed by atoms with Crippen molar-refractivity contribution in [3.63, 3.8) is 0 Å². The summed E-state index contributed by atoms with van der Waals surface area (Å²) < 4.78 is 0. The molecule has 1 aliphatic heterocycles. The number of hydrogen-bond acceptors (Lipinski definition) is 3. The monoisotopic (exact) mass is 129 g/mol. The van der Waals surface area contributed by atoms with Crippen LogP contribution in [0.3, 0.4) is 0 Å². The van der Waals surface area contributed by atoms with E-state index in [0.29, 0.717) is 6.04 Å². The van der Waals surface area contributed by atoms with Crippen molar-refractivity contribution < 1.29 is 0 Å². The Morgan fingerprint density at radius 1 is 1.67 bits per heavy atom. The molecule has 3 nitrogen and oxygen atoms in total. The fourth-order valence-electron chi connectivity index (χ4n) is 1.12. The van der Waals surface area contributed by atoms with E-state index in [1.54, 1.807) is 0 Å². The number of hydrogen-bond donors (Lipinski definition) is 3. The van der Waals surface area contributed by atoms with E-state index < -0.39 is 0 Å². The van der Waals surface area contributed by atoms with Crippen molar-refractivity contribution in [1.29, 1.82) is 0 Å². The van der Waals surface area contributed by atoms with Crippen molar-refractivity contribution in [2.24, 2.45) is 5.73 Å². The summed E-state index contributed by atoms with van der Waals surface area (Å²) in [6.07, 6.45) is 1.25. The van der Waals surface area contributed by atoms with Gasteiger partial charge in [0, 0.05) is 25.7 Å². The molecule has 1 heterocycles. The van der Waals surface area contributed by atoms with Gasteiger partial charge in [0.2, 0.25) is 0 Å². The third kappa shape index (κ3) is 2.30. The maximum atomic E-state index is 5.32. The molecule has 3 heteroatoms. The minimum Gasteiger partial charge on any atom is -0.329 e. The summed E-state index contributed by atoms with van der Waals surface area (Å²) in [6, 6.07) is 0.675. The Morgan fingerprint density at radius 3 is 3.11 bits per heavy atom. The van der Waals surface area contributed by atoms with E-state index in [4.69, 9.17) is 5.73 Å². The van der Waals surface area contributed by atoms with Crippen LogP contribution in [-0.4, -0.2) is 32.2 Å². The zero-order valence-corrected chi connectivity index (χ0v) is 5.69. The second kappa shape index (κ2) is 3.82. The topological polar surface area (TPSA) is 50.1 Å². The van der Waals surface area contributed by atoms with Crippen LogP contribution in [-0.2, 0) is 0 Å². The molecule has 1 saturated heterocycles. The average molecular weight is 129 g/mol. The van der Waals surface area contributed by atoms with Crippen LogP contribution in [0, 0.1) is 0 Å². The Bertz CT molecular complexity index is 68.7. The molecule has 1 atom stereocenters. The van der Waals surface area contributed by atoms with Gasteiger partial charge in [-0.05, 0) is 13.0 Å². The van der Waals surface area contributed by atoms with Crippen molar-refractivity contribution in [1.82, 2.24) is 10.6 Å². The van der Waals surface area contributed by atoms with Crippen LogP contribution >= 0.6 is 0 Å². The van der Waals surface area contributed by atoms with Crippen LogP contribution in [0.2, 0.25) is 0 Å². The summed E-state index contributed by atoms with van der Waals surface area (Å²) in [5.74, 6) is 0. The first-order valence-electron chi connectivity index (χ1n) is 3.57.